The number of hydrogen-bond acceptors (Lipinski definition) is 2. The maximum atomic E-state index is 12.0. The van der Waals surface area contributed by atoms with E-state index in [1.807, 2.05) is 13.8 Å². The van der Waals surface area contributed by atoms with Gasteiger partial charge < -0.3 is 10.1 Å². The molecular formula is C14H19NO2. The van der Waals surface area contributed by atoms with Crippen molar-refractivity contribution in [2.24, 2.45) is 0 Å². The molecule has 2 rings (SSSR count). The number of benzene rings is 1. The second kappa shape index (κ2) is 4.88. The van der Waals surface area contributed by atoms with Crippen molar-refractivity contribution >= 4 is 11.6 Å². The van der Waals surface area contributed by atoms with Gasteiger partial charge in [0, 0.05) is 12.3 Å². The lowest BCUT2D eigenvalue weighted by Crippen LogP contribution is -2.27. The van der Waals surface area contributed by atoms with E-state index < -0.39 is 0 Å². The van der Waals surface area contributed by atoms with Gasteiger partial charge in [-0.3, -0.25) is 4.79 Å². The Morgan fingerprint density at radius 1 is 1.29 bits per heavy atom. The molecule has 1 aromatic rings. The molecule has 1 atom stereocenters. The molecule has 1 N–H and O–H groups in total. The summed E-state index contributed by atoms with van der Waals surface area (Å²) in [5.41, 5.74) is 4.36. The summed E-state index contributed by atoms with van der Waals surface area (Å²) in [7, 11) is 0. The molecule has 0 unspecified atom stereocenters. The van der Waals surface area contributed by atoms with Gasteiger partial charge in [-0.2, -0.15) is 0 Å². The second-order valence-electron chi connectivity index (χ2n) is 4.76. The van der Waals surface area contributed by atoms with E-state index in [4.69, 9.17) is 4.74 Å². The minimum absolute atomic E-state index is 0.0162. The third-order valence-corrected chi connectivity index (χ3v) is 3.15. The minimum atomic E-state index is -0.268. The van der Waals surface area contributed by atoms with Crippen LogP contribution < -0.4 is 5.32 Å². The zero-order valence-corrected chi connectivity index (χ0v) is 10.7. The van der Waals surface area contributed by atoms with Crippen molar-refractivity contribution < 1.29 is 9.53 Å². The van der Waals surface area contributed by atoms with Crippen LogP contribution in [0.5, 0.6) is 0 Å². The van der Waals surface area contributed by atoms with Crippen molar-refractivity contribution in [2.75, 3.05) is 11.9 Å². The Balaban J connectivity index is 2.15. The SMILES string of the molecule is Cc1cc(C)c(NC(=O)[C@@H]2CCCO2)c(C)c1. The molecule has 1 aromatic carbocycles. The van der Waals surface area contributed by atoms with Gasteiger partial charge in [-0.05, 0) is 44.7 Å². The highest BCUT2D eigenvalue weighted by Crippen LogP contribution is 2.23. The number of aryl methyl sites for hydroxylation is 3. The average Bonchev–Trinajstić information content (AvgIpc) is 2.76. The normalized spacial score (nSPS) is 19.4. The van der Waals surface area contributed by atoms with Gasteiger partial charge in [0.1, 0.15) is 6.10 Å². The summed E-state index contributed by atoms with van der Waals surface area (Å²) in [6, 6.07) is 4.16. The zero-order chi connectivity index (χ0) is 12.4. The maximum Gasteiger partial charge on any atom is 0.253 e. The lowest BCUT2D eigenvalue weighted by Gasteiger charge is -2.15. The molecule has 1 fully saturated rings. The van der Waals surface area contributed by atoms with E-state index in [-0.39, 0.29) is 12.0 Å². The van der Waals surface area contributed by atoms with Crippen molar-refractivity contribution in [1.29, 1.82) is 0 Å². The molecule has 0 radical (unpaired) electrons. The first-order chi connectivity index (χ1) is 8.08. The molecule has 1 aliphatic heterocycles. The van der Waals surface area contributed by atoms with Crippen molar-refractivity contribution in [3.8, 4) is 0 Å². The van der Waals surface area contributed by atoms with Gasteiger partial charge in [0.25, 0.3) is 5.91 Å². The van der Waals surface area contributed by atoms with E-state index in [9.17, 15) is 4.79 Å². The highest BCUT2D eigenvalue weighted by molar-refractivity contribution is 5.95. The average molecular weight is 233 g/mol. The fraction of sp³-hybridized carbons (Fsp3) is 0.500. The van der Waals surface area contributed by atoms with Crippen molar-refractivity contribution in [1.82, 2.24) is 0 Å². The summed E-state index contributed by atoms with van der Waals surface area (Å²) < 4.78 is 5.38. The number of rotatable bonds is 2. The Morgan fingerprint density at radius 3 is 2.47 bits per heavy atom. The summed E-state index contributed by atoms with van der Waals surface area (Å²) in [5, 5.41) is 2.98. The van der Waals surface area contributed by atoms with Crippen LogP contribution in [0.25, 0.3) is 0 Å². The van der Waals surface area contributed by atoms with Crippen LogP contribution in [0.2, 0.25) is 0 Å². The molecule has 17 heavy (non-hydrogen) atoms. The van der Waals surface area contributed by atoms with Crippen LogP contribution in [0.3, 0.4) is 0 Å². The second-order valence-corrected chi connectivity index (χ2v) is 4.76. The molecule has 0 aliphatic carbocycles. The highest BCUT2D eigenvalue weighted by Gasteiger charge is 2.24. The number of amides is 1. The van der Waals surface area contributed by atoms with Crippen LogP contribution in [0.1, 0.15) is 29.5 Å². The standard InChI is InChI=1S/C14H19NO2/c1-9-7-10(2)13(11(3)8-9)15-14(16)12-5-4-6-17-12/h7-8,12H,4-6H2,1-3H3,(H,15,16)/t12-/m0/s1. The van der Waals surface area contributed by atoms with Gasteiger partial charge in [-0.25, -0.2) is 0 Å². The van der Waals surface area contributed by atoms with Gasteiger partial charge in [-0.1, -0.05) is 17.7 Å². The molecule has 3 heteroatoms. The quantitative estimate of drug-likeness (QED) is 0.853. The molecule has 0 bridgehead atoms. The Morgan fingerprint density at radius 2 is 1.94 bits per heavy atom. The first-order valence-electron chi connectivity index (χ1n) is 6.08. The van der Waals surface area contributed by atoms with E-state index >= 15 is 0 Å². The predicted molar refractivity (Wildman–Crippen MR) is 68.3 cm³/mol. The van der Waals surface area contributed by atoms with Crippen LogP contribution in [0.15, 0.2) is 12.1 Å². The molecule has 3 nitrogen and oxygen atoms in total. The van der Waals surface area contributed by atoms with Crippen LogP contribution >= 0.6 is 0 Å². The molecule has 1 heterocycles. The first kappa shape index (κ1) is 12.1. The fourth-order valence-electron chi connectivity index (χ4n) is 2.37. The lowest BCUT2D eigenvalue weighted by molar-refractivity contribution is -0.124. The Bertz CT molecular complexity index is 411. The van der Waals surface area contributed by atoms with E-state index in [1.54, 1.807) is 0 Å². The Hall–Kier alpha value is -1.35. The summed E-state index contributed by atoms with van der Waals surface area (Å²) in [4.78, 5) is 12.0. The van der Waals surface area contributed by atoms with Crippen molar-refractivity contribution in [3.63, 3.8) is 0 Å². The van der Waals surface area contributed by atoms with Gasteiger partial charge in [0.2, 0.25) is 0 Å². The maximum absolute atomic E-state index is 12.0. The van der Waals surface area contributed by atoms with Gasteiger partial charge >= 0.3 is 0 Å². The van der Waals surface area contributed by atoms with Crippen LogP contribution in [-0.2, 0) is 9.53 Å². The van der Waals surface area contributed by atoms with E-state index in [0.29, 0.717) is 6.61 Å². The highest BCUT2D eigenvalue weighted by atomic mass is 16.5. The molecule has 1 aliphatic rings. The Kier molecular flexibility index (Phi) is 3.48. The molecular weight excluding hydrogens is 214 g/mol. The van der Waals surface area contributed by atoms with Crippen molar-refractivity contribution in [2.45, 2.75) is 39.7 Å². The van der Waals surface area contributed by atoms with Crippen LogP contribution in [0.4, 0.5) is 5.69 Å². The number of carbonyl (C=O) groups excluding carboxylic acids is 1. The summed E-state index contributed by atoms with van der Waals surface area (Å²) in [6.07, 6.45) is 1.54. The van der Waals surface area contributed by atoms with Gasteiger partial charge in [0.05, 0.1) is 0 Å². The van der Waals surface area contributed by atoms with Crippen LogP contribution in [0, 0.1) is 20.8 Å². The largest absolute Gasteiger partial charge is 0.368 e. The fourth-order valence-corrected chi connectivity index (χ4v) is 2.37. The topological polar surface area (TPSA) is 38.3 Å². The van der Waals surface area contributed by atoms with Gasteiger partial charge in [0.15, 0.2) is 0 Å². The van der Waals surface area contributed by atoms with E-state index in [1.165, 1.54) is 5.56 Å². The third-order valence-electron chi connectivity index (χ3n) is 3.15. The molecule has 1 saturated heterocycles. The summed E-state index contributed by atoms with van der Waals surface area (Å²) in [6.45, 7) is 6.80. The minimum Gasteiger partial charge on any atom is -0.368 e. The Labute approximate surface area is 102 Å². The summed E-state index contributed by atoms with van der Waals surface area (Å²) in [5.74, 6) is -0.0162. The number of anilines is 1. The molecule has 0 spiro atoms. The third kappa shape index (κ3) is 2.67. The molecule has 92 valence electrons. The number of hydrogen-bond donors (Lipinski definition) is 1. The van der Waals surface area contributed by atoms with E-state index in [0.717, 1.165) is 29.7 Å². The number of carbonyl (C=O) groups is 1. The predicted octanol–water partition coefficient (Wildman–Crippen LogP) is 2.73. The van der Waals surface area contributed by atoms with Crippen LogP contribution in [-0.4, -0.2) is 18.6 Å². The number of nitrogens with one attached hydrogen (secondary N) is 1. The zero-order valence-electron chi connectivity index (χ0n) is 10.7. The van der Waals surface area contributed by atoms with E-state index in [2.05, 4.69) is 24.4 Å². The van der Waals surface area contributed by atoms with Crippen molar-refractivity contribution in [3.05, 3.63) is 28.8 Å². The van der Waals surface area contributed by atoms with Gasteiger partial charge in [-0.15, -0.1) is 0 Å². The first-order valence-corrected chi connectivity index (χ1v) is 6.08. The molecule has 0 aromatic heterocycles. The smallest absolute Gasteiger partial charge is 0.253 e. The molecule has 1 amide bonds. The number of ether oxygens (including phenoxy) is 1. The lowest BCUT2D eigenvalue weighted by atomic mass is 10.0. The summed E-state index contributed by atoms with van der Waals surface area (Å²) >= 11 is 0. The monoisotopic (exact) mass is 233 g/mol. The molecule has 0 saturated carbocycles.